The zero-order valence-electron chi connectivity index (χ0n) is 12.9. The van der Waals surface area contributed by atoms with E-state index in [9.17, 15) is 5.11 Å². The lowest BCUT2D eigenvalue weighted by atomic mass is 9.95. The van der Waals surface area contributed by atoms with Crippen molar-refractivity contribution in [3.05, 3.63) is 18.0 Å². The van der Waals surface area contributed by atoms with Gasteiger partial charge in [0.15, 0.2) is 6.29 Å². The van der Waals surface area contributed by atoms with Crippen molar-refractivity contribution in [1.29, 1.82) is 0 Å². The number of aliphatic hydroxyl groups is 1. The Labute approximate surface area is 125 Å². The molecule has 0 unspecified atom stereocenters. The Kier molecular flexibility index (Phi) is 4.31. The Morgan fingerprint density at radius 3 is 3.00 bits per heavy atom. The number of ether oxygens (including phenoxy) is 2. The highest BCUT2D eigenvalue weighted by molar-refractivity contribution is 5.05. The predicted molar refractivity (Wildman–Crippen MR) is 77.9 cm³/mol. The molecule has 2 aliphatic rings. The fraction of sp³-hybridized carbons (Fsp3) is 0.800. The van der Waals surface area contributed by atoms with E-state index in [0.717, 1.165) is 18.5 Å². The van der Waals surface area contributed by atoms with E-state index in [2.05, 4.69) is 24.3 Å². The lowest BCUT2D eigenvalue weighted by Crippen LogP contribution is -2.57. The molecular weight excluding hydrogens is 270 g/mol. The molecule has 5 atom stereocenters. The Bertz CT molecular complexity index is 476. The van der Waals surface area contributed by atoms with Crippen molar-refractivity contribution in [2.24, 2.45) is 5.92 Å². The highest BCUT2D eigenvalue weighted by Crippen LogP contribution is 2.35. The van der Waals surface area contributed by atoms with Gasteiger partial charge in [-0.2, -0.15) is 5.10 Å². The molecule has 6 nitrogen and oxygen atoms in total. The summed E-state index contributed by atoms with van der Waals surface area (Å²) < 4.78 is 13.4. The highest BCUT2D eigenvalue weighted by Gasteiger charge is 2.51. The maximum absolute atomic E-state index is 10.8. The van der Waals surface area contributed by atoms with Gasteiger partial charge < -0.3 is 19.9 Å². The molecule has 0 aliphatic carbocycles. The summed E-state index contributed by atoms with van der Waals surface area (Å²) in [5.41, 5.74) is 1.06. The molecule has 3 rings (SSSR count). The molecule has 6 heteroatoms. The van der Waals surface area contributed by atoms with Gasteiger partial charge in [0.25, 0.3) is 0 Å². The van der Waals surface area contributed by atoms with Gasteiger partial charge in [0.05, 0.1) is 24.9 Å². The van der Waals surface area contributed by atoms with Crippen LogP contribution in [-0.4, -0.2) is 52.6 Å². The number of nitrogens with zero attached hydrogens (tertiary/aromatic N) is 2. The Balaban J connectivity index is 1.73. The van der Waals surface area contributed by atoms with Crippen molar-refractivity contribution in [2.45, 2.75) is 57.8 Å². The normalized spacial score (nSPS) is 35.6. The predicted octanol–water partition coefficient (Wildman–Crippen LogP) is 0.853. The van der Waals surface area contributed by atoms with Crippen molar-refractivity contribution in [3.8, 4) is 0 Å². The van der Waals surface area contributed by atoms with Crippen molar-refractivity contribution in [1.82, 2.24) is 15.1 Å². The van der Waals surface area contributed by atoms with E-state index < -0.39 is 12.4 Å². The Morgan fingerprint density at radius 2 is 2.33 bits per heavy atom. The first-order valence-corrected chi connectivity index (χ1v) is 7.75. The number of hydrogen-bond acceptors (Lipinski definition) is 5. The quantitative estimate of drug-likeness (QED) is 0.843. The Morgan fingerprint density at radius 1 is 1.52 bits per heavy atom. The second kappa shape index (κ2) is 6.04. The first kappa shape index (κ1) is 15.0. The van der Waals surface area contributed by atoms with Crippen LogP contribution < -0.4 is 5.32 Å². The van der Waals surface area contributed by atoms with Crippen LogP contribution in [0.15, 0.2) is 12.4 Å². The summed E-state index contributed by atoms with van der Waals surface area (Å²) in [5.74, 6) is 0.635. The molecule has 1 aromatic heterocycles. The van der Waals surface area contributed by atoms with E-state index in [1.54, 1.807) is 10.9 Å². The molecule has 2 N–H and O–H groups in total. The van der Waals surface area contributed by atoms with Gasteiger partial charge in [0, 0.05) is 6.20 Å². The fourth-order valence-corrected chi connectivity index (χ4v) is 3.07. The van der Waals surface area contributed by atoms with Gasteiger partial charge in [0.1, 0.15) is 12.1 Å². The summed E-state index contributed by atoms with van der Waals surface area (Å²) in [5, 5.41) is 18.5. The molecule has 0 amide bonds. The molecule has 0 spiro atoms. The van der Waals surface area contributed by atoms with E-state index in [1.807, 2.05) is 13.1 Å². The summed E-state index contributed by atoms with van der Waals surface area (Å²) in [4.78, 5) is 0. The van der Waals surface area contributed by atoms with E-state index >= 15 is 0 Å². The number of aromatic nitrogens is 2. The molecular formula is C15H25N3O3. The van der Waals surface area contributed by atoms with Crippen LogP contribution in [0.25, 0.3) is 0 Å². The zero-order valence-corrected chi connectivity index (χ0v) is 12.9. The van der Waals surface area contributed by atoms with Crippen LogP contribution in [0.3, 0.4) is 0 Å². The SMILES string of the molecule is Cc1cnn([C@H]2[C@@H]3OC[C@@H](O3)[C@@H](NCCC(C)C)[C@@H]2O)c1. The highest BCUT2D eigenvalue weighted by atomic mass is 16.7. The van der Waals surface area contributed by atoms with Crippen LogP contribution in [0.2, 0.25) is 0 Å². The average molecular weight is 295 g/mol. The van der Waals surface area contributed by atoms with Crippen molar-refractivity contribution in [3.63, 3.8) is 0 Å². The van der Waals surface area contributed by atoms with Crippen LogP contribution >= 0.6 is 0 Å². The lowest BCUT2D eigenvalue weighted by Gasteiger charge is -2.38. The van der Waals surface area contributed by atoms with Crippen molar-refractivity contribution < 1.29 is 14.6 Å². The minimum Gasteiger partial charge on any atom is -0.389 e. The van der Waals surface area contributed by atoms with Gasteiger partial charge in [-0.05, 0) is 31.4 Å². The zero-order chi connectivity index (χ0) is 15.0. The summed E-state index contributed by atoms with van der Waals surface area (Å²) in [6, 6.07) is -0.411. The third-order valence-corrected chi connectivity index (χ3v) is 4.27. The largest absolute Gasteiger partial charge is 0.389 e. The summed E-state index contributed by atoms with van der Waals surface area (Å²) in [6.45, 7) is 7.77. The van der Waals surface area contributed by atoms with Gasteiger partial charge in [-0.1, -0.05) is 13.8 Å². The van der Waals surface area contributed by atoms with E-state index in [0.29, 0.717) is 12.5 Å². The number of aliphatic hydroxyl groups excluding tert-OH is 1. The molecule has 2 fully saturated rings. The number of nitrogens with one attached hydrogen (secondary N) is 1. The topological polar surface area (TPSA) is 68.5 Å². The van der Waals surface area contributed by atoms with Gasteiger partial charge in [-0.25, -0.2) is 0 Å². The standard InChI is InChI=1S/C15H25N3O3/c1-9(2)4-5-16-12-11-8-20-15(21-11)13(14(12)19)18-7-10(3)6-17-18/h6-7,9,11-16,19H,4-5,8H2,1-3H3/t11-,12-,13-,14+,15-/m1/s1. The molecule has 1 aromatic rings. The molecule has 118 valence electrons. The number of aryl methyl sites for hydroxylation is 1. The second-order valence-electron chi connectivity index (χ2n) is 6.52. The third-order valence-electron chi connectivity index (χ3n) is 4.27. The average Bonchev–Trinajstić information content (AvgIpc) is 3.02. The number of fused-ring (bicyclic) bond motifs is 2. The van der Waals surface area contributed by atoms with Crippen LogP contribution in [0, 0.1) is 12.8 Å². The van der Waals surface area contributed by atoms with Gasteiger partial charge in [0.2, 0.25) is 0 Å². The maximum atomic E-state index is 10.8. The molecule has 21 heavy (non-hydrogen) atoms. The summed E-state index contributed by atoms with van der Waals surface area (Å²) in [6.07, 6.45) is 3.73. The van der Waals surface area contributed by atoms with Crippen LogP contribution in [0.4, 0.5) is 0 Å². The lowest BCUT2D eigenvalue weighted by molar-refractivity contribution is -0.168. The molecule has 2 saturated heterocycles. The molecule has 0 radical (unpaired) electrons. The van der Waals surface area contributed by atoms with Gasteiger partial charge in [-0.3, -0.25) is 4.68 Å². The van der Waals surface area contributed by atoms with Crippen LogP contribution in [0.5, 0.6) is 0 Å². The smallest absolute Gasteiger partial charge is 0.183 e. The van der Waals surface area contributed by atoms with Gasteiger partial charge >= 0.3 is 0 Å². The van der Waals surface area contributed by atoms with Gasteiger partial charge in [-0.15, -0.1) is 0 Å². The third kappa shape index (κ3) is 2.99. The van der Waals surface area contributed by atoms with Crippen LogP contribution in [0.1, 0.15) is 31.9 Å². The number of hydrogen-bond donors (Lipinski definition) is 2. The monoisotopic (exact) mass is 295 g/mol. The first-order chi connectivity index (χ1) is 10.1. The number of rotatable bonds is 5. The van der Waals surface area contributed by atoms with Crippen LogP contribution in [-0.2, 0) is 9.47 Å². The summed E-state index contributed by atoms with van der Waals surface area (Å²) >= 11 is 0. The van der Waals surface area contributed by atoms with E-state index in [4.69, 9.17) is 9.47 Å². The minimum atomic E-state index is -0.567. The minimum absolute atomic E-state index is 0.0786. The Hall–Kier alpha value is -0.950. The van der Waals surface area contributed by atoms with Crippen molar-refractivity contribution >= 4 is 0 Å². The molecule has 0 aromatic carbocycles. The van der Waals surface area contributed by atoms with E-state index in [1.165, 1.54) is 0 Å². The first-order valence-electron chi connectivity index (χ1n) is 7.75. The molecule has 2 bridgehead atoms. The molecule has 3 heterocycles. The second-order valence-corrected chi connectivity index (χ2v) is 6.52. The van der Waals surface area contributed by atoms with E-state index in [-0.39, 0.29) is 18.2 Å². The maximum Gasteiger partial charge on any atom is 0.183 e. The summed E-state index contributed by atoms with van der Waals surface area (Å²) in [7, 11) is 0. The van der Waals surface area contributed by atoms with Crippen molar-refractivity contribution in [2.75, 3.05) is 13.2 Å². The fourth-order valence-electron chi connectivity index (χ4n) is 3.07. The molecule has 0 saturated carbocycles. The molecule has 2 aliphatic heterocycles.